The minimum atomic E-state index is 0. The number of hydrogen-bond donors (Lipinski definition) is 2. The summed E-state index contributed by atoms with van der Waals surface area (Å²) < 4.78 is 0. The minimum Gasteiger partial charge on any atom is -0.382 e. The van der Waals surface area contributed by atoms with Gasteiger partial charge in [0.2, 0.25) is 0 Å². The Hall–Kier alpha value is -2.22. The van der Waals surface area contributed by atoms with Crippen LogP contribution in [0.25, 0.3) is 10.9 Å². The molecule has 0 aliphatic carbocycles. The van der Waals surface area contributed by atoms with Gasteiger partial charge >= 0.3 is 0 Å². The van der Waals surface area contributed by atoms with E-state index >= 15 is 0 Å². The van der Waals surface area contributed by atoms with E-state index in [-0.39, 0.29) is 7.43 Å². The Morgan fingerprint density at radius 1 is 1.00 bits per heavy atom. The highest BCUT2D eigenvalue weighted by Crippen LogP contribution is 2.24. The molecule has 110 valence electrons. The van der Waals surface area contributed by atoms with Gasteiger partial charge in [-0.15, -0.1) is 0 Å². The zero-order valence-corrected chi connectivity index (χ0v) is 12.0. The summed E-state index contributed by atoms with van der Waals surface area (Å²) in [5, 5.41) is 4.69. The SMILES string of the molecule is C.CC1Cc2ccccc2N1.Cc1cc2ccccc2[nH]1. The lowest BCUT2D eigenvalue weighted by Crippen LogP contribution is -2.08. The average Bonchev–Trinajstić information content (AvgIpc) is 2.99. The highest BCUT2D eigenvalue weighted by atomic mass is 14.9. The number of fused-ring (bicyclic) bond motifs is 2. The Morgan fingerprint density at radius 3 is 2.48 bits per heavy atom. The van der Waals surface area contributed by atoms with Gasteiger partial charge in [0.15, 0.2) is 0 Å². The van der Waals surface area contributed by atoms with E-state index in [0.29, 0.717) is 6.04 Å². The maximum atomic E-state index is 3.40. The van der Waals surface area contributed by atoms with E-state index in [1.165, 1.54) is 34.3 Å². The summed E-state index contributed by atoms with van der Waals surface area (Å²) in [5.74, 6) is 0. The number of aryl methyl sites for hydroxylation is 1. The third-order valence-corrected chi connectivity index (χ3v) is 3.61. The fourth-order valence-corrected chi connectivity index (χ4v) is 2.70. The molecular weight excluding hydrogens is 256 g/mol. The van der Waals surface area contributed by atoms with Crippen LogP contribution >= 0.6 is 0 Å². The van der Waals surface area contributed by atoms with Gasteiger partial charge in [-0.3, -0.25) is 0 Å². The van der Waals surface area contributed by atoms with Gasteiger partial charge in [-0.1, -0.05) is 43.8 Å². The molecule has 0 amide bonds. The second-order valence-corrected chi connectivity index (χ2v) is 5.45. The van der Waals surface area contributed by atoms with E-state index in [1.54, 1.807) is 0 Å². The number of aromatic nitrogens is 1. The number of rotatable bonds is 0. The van der Waals surface area contributed by atoms with Crippen LogP contribution in [0.4, 0.5) is 5.69 Å². The maximum absolute atomic E-state index is 3.40. The van der Waals surface area contributed by atoms with Crippen molar-refractivity contribution in [2.45, 2.75) is 33.7 Å². The number of benzene rings is 2. The third-order valence-electron chi connectivity index (χ3n) is 3.61. The van der Waals surface area contributed by atoms with E-state index in [0.717, 1.165) is 0 Å². The quantitative estimate of drug-likeness (QED) is 0.585. The lowest BCUT2D eigenvalue weighted by Gasteiger charge is -2.00. The molecule has 0 spiro atoms. The van der Waals surface area contributed by atoms with Crippen LogP contribution in [0.1, 0.15) is 25.6 Å². The summed E-state index contributed by atoms with van der Waals surface area (Å²) in [5.41, 5.74) is 5.21. The topological polar surface area (TPSA) is 27.8 Å². The molecule has 0 radical (unpaired) electrons. The van der Waals surface area contributed by atoms with Crippen molar-refractivity contribution in [1.29, 1.82) is 0 Å². The molecule has 0 fully saturated rings. The molecule has 0 saturated carbocycles. The summed E-state index contributed by atoms with van der Waals surface area (Å²) in [6.07, 6.45) is 1.18. The predicted molar refractivity (Wildman–Crippen MR) is 93.0 cm³/mol. The van der Waals surface area contributed by atoms with Crippen molar-refractivity contribution in [3.05, 3.63) is 65.9 Å². The van der Waals surface area contributed by atoms with Crippen LogP contribution in [-0.2, 0) is 6.42 Å². The van der Waals surface area contributed by atoms with Crippen molar-refractivity contribution >= 4 is 16.6 Å². The molecule has 0 saturated heterocycles. The highest BCUT2D eigenvalue weighted by molar-refractivity contribution is 5.80. The Balaban J connectivity index is 0.000000147. The molecule has 2 heteroatoms. The van der Waals surface area contributed by atoms with Gasteiger partial charge in [-0.05, 0) is 49.4 Å². The summed E-state index contributed by atoms with van der Waals surface area (Å²) in [4.78, 5) is 3.26. The molecule has 2 N–H and O–H groups in total. The molecule has 21 heavy (non-hydrogen) atoms. The molecular formula is C19H24N2. The van der Waals surface area contributed by atoms with E-state index in [9.17, 15) is 0 Å². The van der Waals surface area contributed by atoms with Gasteiger partial charge in [0.25, 0.3) is 0 Å². The summed E-state index contributed by atoms with van der Waals surface area (Å²) in [6.45, 7) is 4.28. The molecule has 1 unspecified atom stereocenters. The van der Waals surface area contributed by atoms with Crippen LogP contribution in [-0.4, -0.2) is 11.0 Å². The van der Waals surface area contributed by atoms with E-state index in [4.69, 9.17) is 0 Å². The number of para-hydroxylation sites is 2. The van der Waals surface area contributed by atoms with Crippen molar-refractivity contribution < 1.29 is 0 Å². The number of anilines is 1. The lowest BCUT2D eigenvalue weighted by molar-refractivity contribution is 0.839. The minimum absolute atomic E-state index is 0. The third kappa shape index (κ3) is 3.46. The van der Waals surface area contributed by atoms with Gasteiger partial charge in [-0.25, -0.2) is 0 Å². The van der Waals surface area contributed by atoms with Gasteiger partial charge in [0, 0.05) is 22.9 Å². The molecule has 4 rings (SSSR count). The summed E-state index contributed by atoms with van der Waals surface area (Å²) in [6, 6.07) is 19.6. The Labute approximate surface area is 127 Å². The number of nitrogens with one attached hydrogen (secondary N) is 2. The summed E-state index contributed by atoms with van der Waals surface area (Å²) in [7, 11) is 0. The molecule has 1 aromatic heterocycles. The van der Waals surface area contributed by atoms with Crippen LogP contribution < -0.4 is 5.32 Å². The van der Waals surface area contributed by atoms with E-state index in [1.807, 2.05) is 6.07 Å². The summed E-state index contributed by atoms with van der Waals surface area (Å²) >= 11 is 0. The first kappa shape index (κ1) is 15.2. The van der Waals surface area contributed by atoms with E-state index in [2.05, 4.69) is 72.7 Å². The van der Waals surface area contributed by atoms with Crippen LogP contribution in [0.5, 0.6) is 0 Å². The van der Waals surface area contributed by atoms with E-state index < -0.39 is 0 Å². The zero-order chi connectivity index (χ0) is 13.9. The number of H-pyrrole nitrogens is 1. The van der Waals surface area contributed by atoms with Crippen LogP contribution in [0.3, 0.4) is 0 Å². The van der Waals surface area contributed by atoms with Crippen LogP contribution in [0.15, 0.2) is 54.6 Å². The average molecular weight is 280 g/mol. The molecule has 2 aromatic carbocycles. The van der Waals surface area contributed by atoms with Crippen LogP contribution in [0, 0.1) is 6.92 Å². The Kier molecular flexibility index (Phi) is 4.69. The number of aromatic amines is 1. The molecule has 1 aliphatic heterocycles. The van der Waals surface area contributed by atoms with Gasteiger partial charge in [-0.2, -0.15) is 0 Å². The molecule has 1 atom stereocenters. The van der Waals surface area contributed by atoms with Crippen molar-refractivity contribution in [3.8, 4) is 0 Å². The first-order valence-electron chi connectivity index (χ1n) is 7.11. The highest BCUT2D eigenvalue weighted by Gasteiger charge is 2.14. The zero-order valence-electron chi connectivity index (χ0n) is 12.0. The molecule has 2 heterocycles. The first-order valence-corrected chi connectivity index (χ1v) is 7.11. The fraction of sp³-hybridized carbons (Fsp3) is 0.263. The molecule has 2 nitrogen and oxygen atoms in total. The van der Waals surface area contributed by atoms with Crippen molar-refractivity contribution in [1.82, 2.24) is 4.98 Å². The van der Waals surface area contributed by atoms with Gasteiger partial charge in [0.05, 0.1) is 0 Å². The first-order chi connectivity index (χ1) is 9.72. The molecule has 0 bridgehead atoms. The Bertz CT molecular complexity index is 654. The standard InChI is InChI=1S/C9H11N.C9H9N.CH4/c2*1-7-6-8-4-2-3-5-9(8)10-7;/h2-5,7,10H,6H2,1H3;2-6,10H,1H3;1H4. The smallest absolute Gasteiger partial charge is 0.0455 e. The van der Waals surface area contributed by atoms with Crippen molar-refractivity contribution in [2.75, 3.05) is 5.32 Å². The van der Waals surface area contributed by atoms with Crippen molar-refractivity contribution in [3.63, 3.8) is 0 Å². The van der Waals surface area contributed by atoms with Gasteiger partial charge in [0.1, 0.15) is 0 Å². The van der Waals surface area contributed by atoms with Crippen molar-refractivity contribution in [2.24, 2.45) is 0 Å². The van der Waals surface area contributed by atoms with Gasteiger partial charge < -0.3 is 10.3 Å². The fourth-order valence-electron chi connectivity index (χ4n) is 2.70. The normalized spacial score (nSPS) is 15.4. The largest absolute Gasteiger partial charge is 0.382 e. The maximum Gasteiger partial charge on any atom is 0.0455 e. The lowest BCUT2D eigenvalue weighted by atomic mass is 10.1. The molecule has 3 aromatic rings. The monoisotopic (exact) mass is 280 g/mol. The second-order valence-electron chi connectivity index (χ2n) is 5.45. The second kappa shape index (κ2) is 6.49. The predicted octanol–water partition coefficient (Wildman–Crippen LogP) is 5.16. The number of hydrogen-bond acceptors (Lipinski definition) is 1. The van der Waals surface area contributed by atoms with Crippen LogP contribution in [0.2, 0.25) is 0 Å². The Morgan fingerprint density at radius 2 is 1.71 bits per heavy atom. The molecule has 1 aliphatic rings.